The van der Waals surface area contributed by atoms with Gasteiger partial charge in [0.15, 0.2) is 0 Å². The van der Waals surface area contributed by atoms with Crippen LogP contribution in [0.1, 0.15) is 20.3 Å². The summed E-state index contributed by atoms with van der Waals surface area (Å²) in [4.78, 5) is 40.5. The van der Waals surface area contributed by atoms with Gasteiger partial charge in [0.25, 0.3) is 0 Å². The summed E-state index contributed by atoms with van der Waals surface area (Å²) in [5.74, 6) is -5.03. The number of rotatable bonds is 10. The van der Waals surface area contributed by atoms with Crippen LogP contribution in [-0.2, 0) is 19.2 Å². The van der Waals surface area contributed by atoms with Gasteiger partial charge in [-0.05, 0) is 5.92 Å². The number of carboxylic acids is 3. The molecule has 0 heterocycles. The lowest BCUT2D eigenvalue weighted by atomic mass is 9.87. The number of nitrogens with one attached hydrogen (secondary N) is 1. The highest BCUT2D eigenvalue weighted by molar-refractivity contribution is 5.89. The van der Waals surface area contributed by atoms with Crippen LogP contribution in [0.15, 0.2) is 12.2 Å². The molecule has 0 bridgehead atoms. The number of carboxylic acid groups (broad SMARTS) is 3. The summed E-state index contributed by atoms with van der Waals surface area (Å²) < 4.78 is 0. The van der Waals surface area contributed by atoms with Crippen molar-refractivity contribution in [2.24, 2.45) is 17.6 Å². The summed E-state index contributed by atoms with van der Waals surface area (Å²) in [6.45, 7) is 3.62. The molecular formula is C14H24N2O8. The van der Waals surface area contributed by atoms with Gasteiger partial charge in [-0.1, -0.05) is 20.3 Å². The first-order valence-corrected chi connectivity index (χ1v) is 7.06. The lowest BCUT2D eigenvalue weighted by Gasteiger charge is -2.24. The highest BCUT2D eigenvalue weighted by Crippen LogP contribution is 2.19. The lowest BCUT2D eigenvalue weighted by molar-refractivity contribution is -0.148. The third kappa shape index (κ3) is 13.2. The maximum atomic E-state index is 11.0. The Morgan fingerprint density at radius 2 is 1.54 bits per heavy atom. The molecule has 7 N–H and O–H groups in total. The molecule has 138 valence electrons. The number of hydrogen-bond donors (Lipinski definition) is 6. The standard InChI is InChI=1S/C10H20N2O4.C4H4O4/c1-3-6(2)9(10(15)16)7(13)4-12-5-8(11)14;5-3(6)1-2-4(7)8/h6-7,9,12-13H,3-5H2,1-2H3,(H2,11,14)(H,15,16);1-2H,(H,5,6)(H,7,8)/b;2-1-. The Kier molecular flexibility index (Phi) is 12.9. The largest absolute Gasteiger partial charge is 0.481 e. The second-order valence-electron chi connectivity index (χ2n) is 4.92. The molecule has 0 saturated carbocycles. The molecule has 3 atom stereocenters. The topological polar surface area (TPSA) is 187 Å². The van der Waals surface area contributed by atoms with E-state index in [4.69, 9.17) is 21.1 Å². The number of hydrogen-bond acceptors (Lipinski definition) is 6. The summed E-state index contributed by atoms with van der Waals surface area (Å²) in [6, 6.07) is 0. The lowest BCUT2D eigenvalue weighted by Crippen LogP contribution is -2.42. The van der Waals surface area contributed by atoms with E-state index in [2.05, 4.69) is 5.32 Å². The Morgan fingerprint density at radius 3 is 1.83 bits per heavy atom. The summed E-state index contributed by atoms with van der Waals surface area (Å²) in [7, 11) is 0. The van der Waals surface area contributed by atoms with Crippen molar-refractivity contribution >= 4 is 23.8 Å². The summed E-state index contributed by atoms with van der Waals surface area (Å²) in [6.07, 6.45) is 0.765. The molecule has 10 nitrogen and oxygen atoms in total. The molecule has 0 aliphatic rings. The van der Waals surface area contributed by atoms with Crippen molar-refractivity contribution in [2.45, 2.75) is 26.4 Å². The normalized spacial score (nSPS) is 14.1. The van der Waals surface area contributed by atoms with Crippen molar-refractivity contribution in [2.75, 3.05) is 13.1 Å². The van der Waals surface area contributed by atoms with Crippen molar-refractivity contribution < 1.29 is 39.6 Å². The highest BCUT2D eigenvalue weighted by Gasteiger charge is 2.30. The van der Waals surface area contributed by atoms with Crippen molar-refractivity contribution in [3.05, 3.63) is 12.2 Å². The van der Waals surface area contributed by atoms with Crippen LogP contribution in [0.5, 0.6) is 0 Å². The molecule has 24 heavy (non-hydrogen) atoms. The van der Waals surface area contributed by atoms with E-state index in [0.29, 0.717) is 18.6 Å². The maximum absolute atomic E-state index is 11.0. The average Bonchev–Trinajstić information content (AvgIpc) is 2.44. The van der Waals surface area contributed by atoms with Gasteiger partial charge in [0, 0.05) is 18.7 Å². The number of aliphatic carboxylic acids is 3. The Labute approximate surface area is 139 Å². The van der Waals surface area contributed by atoms with Crippen molar-refractivity contribution in [3.63, 3.8) is 0 Å². The van der Waals surface area contributed by atoms with Crippen LogP contribution < -0.4 is 11.1 Å². The van der Waals surface area contributed by atoms with Gasteiger partial charge in [-0.3, -0.25) is 9.59 Å². The molecule has 0 saturated heterocycles. The number of carbonyl (C=O) groups is 4. The van der Waals surface area contributed by atoms with Crippen LogP contribution in [0.2, 0.25) is 0 Å². The van der Waals surface area contributed by atoms with E-state index in [1.807, 2.05) is 6.92 Å². The summed E-state index contributed by atoms with van der Waals surface area (Å²) >= 11 is 0. The highest BCUT2D eigenvalue weighted by atomic mass is 16.4. The molecular weight excluding hydrogens is 324 g/mol. The van der Waals surface area contributed by atoms with Crippen LogP contribution in [-0.4, -0.2) is 63.4 Å². The van der Waals surface area contributed by atoms with Crippen LogP contribution >= 0.6 is 0 Å². The number of carbonyl (C=O) groups excluding carboxylic acids is 1. The number of aliphatic hydroxyl groups is 1. The Bertz CT molecular complexity index is 448. The van der Waals surface area contributed by atoms with Crippen LogP contribution in [0, 0.1) is 11.8 Å². The number of primary amides is 1. The molecule has 0 radical (unpaired) electrons. The number of amides is 1. The zero-order valence-corrected chi connectivity index (χ0v) is 13.5. The fourth-order valence-electron chi connectivity index (χ4n) is 1.65. The van der Waals surface area contributed by atoms with Gasteiger partial charge in [-0.15, -0.1) is 0 Å². The Morgan fingerprint density at radius 1 is 1.08 bits per heavy atom. The SMILES string of the molecule is CCC(C)C(C(=O)O)C(O)CNCC(N)=O.O=C(O)/C=C\C(=O)O. The van der Waals surface area contributed by atoms with Crippen LogP contribution in [0.25, 0.3) is 0 Å². The summed E-state index contributed by atoms with van der Waals surface area (Å²) in [5, 5.41) is 36.9. The molecule has 0 aromatic heterocycles. The predicted molar refractivity (Wildman–Crippen MR) is 83.1 cm³/mol. The van der Waals surface area contributed by atoms with Gasteiger partial charge in [0.1, 0.15) is 0 Å². The first kappa shape index (κ1) is 23.8. The van der Waals surface area contributed by atoms with Gasteiger partial charge in [0.05, 0.1) is 18.6 Å². The molecule has 3 unspecified atom stereocenters. The number of aliphatic hydroxyl groups excluding tert-OH is 1. The maximum Gasteiger partial charge on any atom is 0.328 e. The van der Waals surface area contributed by atoms with Gasteiger partial charge in [-0.2, -0.15) is 0 Å². The van der Waals surface area contributed by atoms with Crippen molar-refractivity contribution in [1.82, 2.24) is 5.32 Å². The Balaban J connectivity index is 0. The third-order valence-electron chi connectivity index (χ3n) is 2.98. The predicted octanol–water partition coefficient (Wildman–Crippen LogP) is -1.12. The molecule has 0 aliphatic heterocycles. The monoisotopic (exact) mass is 348 g/mol. The Hall–Kier alpha value is -2.46. The number of nitrogens with two attached hydrogens (primary N) is 1. The van der Waals surface area contributed by atoms with E-state index >= 15 is 0 Å². The van der Waals surface area contributed by atoms with Gasteiger partial charge in [0.2, 0.25) is 5.91 Å². The van der Waals surface area contributed by atoms with Gasteiger partial charge < -0.3 is 31.5 Å². The van der Waals surface area contributed by atoms with E-state index in [-0.39, 0.29) is 19.0 Å². The van der Waals surface area contributed by atoms with E-state index in [1.54, 1.807) is 6.92 Å². The first-order valence-electron chi connectivity index (χ1n) is 7.06. The van der Waals surface area contributed by atoms with Crippen molar-refractivity contribution in [3.8, 4) is 0 Å². The van der Waals surface area contributed by atoms with E-state index in [9.17, 15) is 24.3 Å². The quantitative estimate of drug-likeness (QED) is 0.266. The van der Waals surface area contributed by atoms with Crippen LogP contribution in [0.4, 0.5) is 0 Å². The molecule has 0 fully saturated rings. The van der Waals surface area contributed by atoms with E-state index in [0.717, 1.165) is 0 Å². The average molecular weight is 348 g/mol. The van der Waals surface area contributed by atoms with Crippen LogP contribution in [0.3, 0.4) is 0 Å². The first-order chi connectivity index (χ1) is 11.0. The smallest absolute Gasteiger partial charge is 0.328 e. The summed E-state index contributed by atoms with van der Waals surface area (Å²) in [5.41, 5.74) is 4.90. The zero-order valence-electron chi connectivity index (χ0n) is 13.5. The molecule has 0 aromatic carbocycles. The van der Waals surface area contributed by atoms with E-state index in [1.165, 1.54) is 0 Å². The van der Waals surface area contributed by atoms with Crippen molar-refractivity contribution in [1.29, 1.82) is 0 Å². The second-order valence-corrected chi connectivity index (χ2v) is 4.92. The third-order valence-corrected chi connectivity index (χ3v) is 2.98. The molecule has 0 rings (SSSR count). The molecule has 0 aliphatic carbocycles. The molecule has 1 amide bonds. The minimum Gasteiger partial charge on any atom is -0.481 e. The second kappa shape index (κ2) is 13.0. The fraction of sp³-hybridized carbons (Fsp3) is 0.571. The zero-order chi connectivity index (χ0) is 19.3. The minimum absolute atomic E-state index is 0.0459. The molecule has 0 spiro atoms. The molecule has 0 aromatic rings. The minimum atomic E-state index is -1.26. The van der Waals surface area contributed by atoms with Gasteiger partial charge >= 0.3 is 17.9 Å². The van der Waals surface area contributed by atoms with Gasteiger partial charge in [-0.25, -0.2) is 9.59 Å². The molecule has 10 heteroatoms. The fourth-order valence-corrected chi connectivity index (χ4v) is 1.65. The van der Waals surface area contributed by atoms with E-state index < -0.39 is 35.8 Å².